The minimum absolute atomic E-state index is 0.128. The zero-order valence-corrected chi connectivity index (χ0v) is 10.6. The molecule has 0 saturated carbocycles. The van der Waals surface area contributed by atoms with E-state index < -0.39 is 16.1 Å². The second-order valence-corrected chi connectivity index (χ2v) is 5.72. The number of amides is 1. The number of rotatable bonds is 2. The lowest BCUT2D eigenvalue weighted by atomic mass is 10.5. The molecule has 0 atom stereocenters. The Hall–Kier alpha value is -0.900. The van der Waals surface area contributed by atoms with Gasteiger partial charge in [0.25, 0.3) is 0 Å². The fourth-order valence-electron chi connectivity index (χ4n) is 0.914. The van der Waals surface area contributed by atoms with E-state index in [4.69, 9.17) is 5.11 Å². The number of nitrogens with zero attached hydrogens (tertiary/aromatic N) is 2. The van der Waals surface area contributed by atoms with Crippen molar-refractivity contribution in [1.82, 2.24) is 4.98 Å². The number of halogens is 1. The molecule has 82 valence electrons. The van der Waals surface area contributed by atoms with E-state index in [0.29, 0.717) is 3.57 Å². The molecule has 15 heavy (non-hydrogen) atoms. The Bertz CT molecular complexity index is 488. The lowest BCUT2D eigenvalue weighted by Gasteiger charge is -2.15. The molecule has 8 heteroatoms. The van der Waals surface area contributed by atoms with Gasteiger partial charge in [-0.1, -0.05) is 0 Å². The molecule has 0 spiro atoms. The first-order valence-corrected chi connectivity index (χ1v) is 6.60. The molecule has 1 aromatic rings. The van der Waals surface area contributed by atoms with E-state index in [0.717, 1.165) is 6.26 Å². The largest absolute Gasteiger partial charge is 0.464 e. The van der Waals surface area contributed by atoms with Crippen molar-refractivity contribution < 1.29 is 18.3 Å². The Morgan fingerprint density at radius 2 is 2.20 bits per heavy atom. The van der Waals surface area contributed by atoms with Crippen molar-refractivity contribution in [1.29, 1.82) is 0 Å². The molecule has 0 aliphatic heterocycles. The lowest BCUT2D eigenvalue weighted by Crippen LogP contribution is -2.35. The fourth-order valence-corrected chi connectivity index (χ4v) is 2.08. The van der Waals surface area contributed by atoms with Crippen LogP contribution in [0.4, 0.5) is 10.6 Å². The van der Waals surface area contributed by atoms with Gasteiger partial charge >= 0.3 is 6.09 Å². The Balaban J connectivity index is 3.29. The number of anilines is 1. The smallest absolute Gasteiger partial charge is 0.427 e. The van der Waals surface area contributed by atoms with Crippen molar-refractivity contribution in [3.63, 3.8) is 0 Å². The fraction of sp³-hybridized carbons (Fsp3) is 0.143. The van der Waals surface area contributed by atoms with Crippen LogP contribution in [-0.2, 0) is 10.0 Å². The molecule has 1 N–H and O–H groups in total. The maximum absolute atomic E-state index is 11.2. The summed E-state index contributed by atoms with van der Waals surface area (Å²) in [5.74, 6) is -0.128. The summed E-state index contributed by atoms with van der Waals surface area (Å²) in [4.78, 5) is 14.5. The van der Waals surface area contributed by atoms with Crippen LogP contribution in [0.15, 0.2) is 18.3 Å². The monoisotopic (exact) mass is 342 g/mol. The molecule has 0 fully saturated rings. The predicted molar refractivity (Wildman–Crippen MR) is 62.3 cm³/mol. The molecule has 0 saturated heterocycles. The molecule has 0 aliphatic carbocycles. The molecule has 1 aromatic heterocycles. The third-order valence-corrected chi connectivity index (χ3v) is 3.10. The SMILES string of the molecule is CS(=O)(=O)N(C(=O)O)c1cc(I)ccn1. The highest BCUT2D eigenvalue weighted by Crippen LogP contribution is 2.16. The number of carboxylic acid groups (broad SMARTS) is 1. The van der Waals surface area contributed by atoms with Gasteiger partial charge in [0.2, 0.25) is 10.0 Å². The van der Waals surface area contributed by atoms with E-state index in [1.807, 2.05) is 22.6 Å². The van der Waals surface area contributed by atoms with Gasteiger partial charge in [0.1, 0.15) is 0 Å². The van der Waals surface area contributed by atoms with E-state index in [2.05, 4.69) is 4.98 Å². The van der Waals surface area contributed by atoms with Crippen molar-refractivity contribution in [2.45, 2.75) is 0 Å². The van der Waals surface area contributed by atoms with Gasteiger partial charge in [-0.3, -0.25) is 0 Å². The molecular formula is C7H7IN2O4S. The second kappa shape index (κ2) is 4.31. The first-order valence-electron chi connectivity index (χ1n) is 3.67. The summed E-state index contributed by atoms with van der Waals surface area (Å²) >= 11 is 1.94. The van der Waals surface area contributed by atoms with Gasteiger partial charge in [0, 0.05) is 9.77 Å². The maximum atomic E-state index is 11.2. The number of sulfonamides is 1. The van der Waals surface area contributed by atoms with Crippen LogP contribution in [0.1, 0.15) is 0 Å². The third-order valence-electron chi connectivity index (χ3n) is 1.42. The molecular weight excluding hydrogens is 335 g/mol. The standard InChI is InChI=1S/C7H7IN2O4S/c1-15(13,14)10(7(11)12)6-4-5(8)2-3-9-6/h2-4H,1H3,(H,11,12). The number of carbonyl (C=O) groups is 1. The summed E-state index contributed by atoms with van der Waals surface area (Å²) in [7, 11) is -3.87. The lowest BCUT2D eigenvalue weighted by molar-refractivity contribution is 0.206. The van der Waals surface area contributed by atoms with Gasteiger partial charge in [-0.2, -0.15) is 4.31 Å². The molecule has 1 amide bonds. The third kappa shape index (κ3) is 3.02. The average Bonchev–Trinajstić information content (AvgIpc) is 1.99. The van der Waals surface area contributed by atoms with Gasteiger partial charge in [-0.05, 0) is 34.7 Å². The van der Waals surface area contributed by atoms with Gasteiger partial charge in [0.05, 0.1) is 6.26 Å². The highest BCUT2D eigenvalue weighted by molar-refractivity contribution is 14.1. The van der Waals surface area contributed by atoms with E-state index >= 15 is 0 Å². The van der Waals surface area contributed by atoms with Gasteiger partial charge < -0.3 is 5.11 Å². The van der Waals surface area contributed by atoms with E-state index in [1.54, 1.807) is 6.07 Å². The zero-order valence-electron chi connectivity index (χ0n) is 7.58. The minimum Gasteiger partial charge on any atom is -0.464 e. The van der Waals surface area contributed by atoms with E-state index in [1.165, 1.54) is 12.3 Å². The number of aromatic nitrogens is 1. The highest BCUT2D eigenvalue weighted by Gasteiger charge is 2.25. The van der Waals surface area contributed by atoms with Crippen molar-refractivity contribution in [3.8, 4) is 0 Å². The molecule has 0 unspecified atom stereocenters. The predicted octanol–water partition coefficient (Wildman–Crippen LogP) is 1.13. The minimum atomic E-state index is -3.87. The van der Waals surface area contributed by atoms with Gasteiger partial charge in [0.15, 0.2) is 5.82 Å². The zero-order chi connectivity index (χ0) is 11.6. The van der Waals surface area contributed by atoms with Crippen LogP contribution in [0.5, 0.6) is 0 Å². The van der Waals surface area contributed by atoms with Crippen LogP contribution < -0.4 is 4.31 Å². The second-order valence-electron chi connectivity index (χ2n) is 2.64. The average molecular weight is 342 g/mol. The maximum Gasteiger partial charge on any atom is 0.427 e. The van der Waals surface area contributed by atoms with Gasteiger partial charge in [-0.25, -0.2) is 18.2 Å². The summed E-state index contributed by atoms with van der Waals surface area (Å²) in [5, 5.41) is 8.76. The van der Waals surface area contributed by atoms with Crippen molar-refractivity contribution >= 4 is 44.5 Å². The number of hydrogen-bond donors (Lipinski definition) is 1. The van der Waals surface area contributed by atoms with Crippen LogP contribution >= 0.6 is 22.6 Å². The Morgan fingerprint density at radius 3 is 2.60 bits per heavy atom. The van der Waals surface area contributed by atoms with Crippen LogP contribution in [-0.4, -0.2) is 30.9 Å². The summed E-state index contributed by atoms with van der Waals surface area (Å²) in [6.07, 6.45) is 0.577. The molecule has 0 radical (unpaired) electrons. The molecule has 0 aromatic carbocycles. The number of hydrogen-bond acceptors (Lipinski definition) is 4. The molecule has 0 aliphatic rings. The molecule has 0 bridgehead atoms. The molecule has 6 nitrogen and oxygen atoms in total. The van der Waals surface area contributed by atoms with Crippen LogP contribution in [0.2, 0.25) is 0 Å². The summed E-state index contributed by atoms with van der Waals surface area (Å²) < 4.78 is 23.3. The Labute approximate surface area is 100 Å². The van der Waals surface area contributed by atoms with Crippen molar-refractivity contribution in [3.05, 3.63) is 21.9 Å². The summed E-state index contributed by atoms with van der Waals surface area (Å²) in [5.41, 5.74) is 0. The summed E-state index contributed by atoms with van der Waals surface area (Å²) in [6, 6.07) is 3.00. The normalized spacial score (nSPS) is 11.1. The summed E-state index contributed by atoms with van der Waals surface area (Å²) in [6.45, 7) is 0. The van der Waals surface area contributed by atoms with Gasteiger partial charge in [-0.15, -0.1) is 0 Å². The van der Waals surface area contributed by atoms with Crippen molar-refractivity contribution in [2.75, 3.05) is 10.6 Å². The highest BCUT2D eigenvalue weighted by atomic mass is 127. The quantitative estimate of drug-likeness (QED) is 0.814. The van der Waals surface area contributed by atoms with Crippen molar-refractivity contribution in [2.24, 2.45) is 0 Å². The Kier molecular flexibility index (Phi) is 3.50. The first kappa shape index (κ1) is 12.2. The van der Waals surface area contributed by atoms with E-state index in [-0.39, 0.29) is 10.1 Å². The van der Waals surface area contributed by atoms with Crippen LogP contribution in [0.25, 0.3) is 0 Å². The van der Waals surface area contributed by atoms with Crippen LogP contribution in [0, 0.1) is 3.57 Å². The number of pyridine rings is 1. The topological polar surface area (TPSA) is 87.6 Å². The van der Waals surface area contributed by atoms with E-state index in [9.17, 15) is 13.2 Å². The molecule has 1 heterocycles. The molecule has 1 rings (SSSR count). The first-order chi connectivity index (χ1) is 6.82. The van der Waals surface area contributed by atoms with Crippen LogP contribution in [0.3, 0.4) is 0 Å². The Morgan fingerprint density at radius 1 is 1.60 bits per heavy atom.